The molecule has 0 saturated carbocycles. The van der Waals surface area contributed by atoms with Crippen molar-refractivity contribution >= 4 is 0 Å². The molecule has 5 heteroatoms. The highest BCUT2D eigenvalue weighted by molar-refractivity contribution is 5.43. The van der Waals surface area contributed by atoms with Gasteiger partial charge in [0.2, 0.25) is 0 Å². The normalized spacial score (nSPS) is 14.3. The number of benzene rings is 3. The number of hydrogen-bond donors (Lipinski definition) is 2. The molecule has 0 heterocycles. The Morgan fingerprint density at radius 3 is 2.03 bits per heavy atom. The highest BCUT2D eigenvalue weighted by Gasteiger charge is 2.40. The predicted octanol–water partition coefficient (Wildman–Crippen LogP) is 4.17. The molecule has 0 aliphatic rings. The van der Waals surface area contributed by atoms with Gasteiger partial charge in [-0.2, -0.15) is 0 Å². The van der Waals surface area contributed by atoms with E-state index in [2.05, 4.69) is 0 Å². The molecule has 0 spiro atoms. The van der Waals surface area contributed by atoms with Crippen molar-refractivity contribution in [1.29, 1.82) is 0 Å². The van der Waals surface area contributed by atoms with Gasteiger partial charge in [-0.3, -0.25) is 0 Å². The summed E-state index contributed by atoms with van der Waals surface area (Å²) < 4.78 is 19.4. The zero-order valence-corrected chi connectivity index (χ0v) is 18.0. The fourth-order valence-corrected chi connectivity index (χ4v) is 3.86. The first kappa shape index (κ1) is 22.9. The maximum Gasteiger partial charge on any atom is 0.123 e. The summed E-state index contributed by atoms with van der Waals surface area (Å²) in [6, 6.07) is 22.8. The number of hydrogen-bond acceptors (Lipinski definition) is 4. The molecule has 2 unspecified atom stereocenters. The molecule has 164 valence electrons. The third-order valence-electron chi connectivity index (χ3n) is 5.51. The number of halogens is 1. The standard InChI is InChI=1S/C26H30FNO3/c1-28(2)17-19-31-24-14-10-22(11-15-24)26(30,21-8-12-23(27)13-9-21)25(16-18-29)20-6-4-3-5-7-20/h3-15,25,29-30H,16-19H2,1-2H3. The van der Waals surface area contributed by atoms with E-state index < -0.39 is 11.5 Å². The summed E-state index contributed by atoms with van der Waals surface area (Å²) in [5, 5.41) is 21.9. The monoisotopic (exact) mass is 423 g/mol. The summed E-state index contributed by atoms with van der Waals surface area (Å²) in [6.45, 7) is 1.27. The van der Waals surface area contributed by atoms with E-state index >= 15 is 0 Å². The van der Waals surface area contributed by atoms with Gasteiger partial charge >= 0.3 is 0 Å². The Kier molecular flexibility index (Phi) is 7.80. The zero-order chi connectivity index (χ0) is 22.3. The Morgan fingerprint density at radius 2 is 1.48 bits per heavy atom. The average molecular weight is 424 g/mol. The van der Waals surface area contributed by atoms with Gasteiger partial charge in [0, 0.05) is 19.1 Å². The van der Waals surface area contributed by atoms with E-state index in [1.54, 1.807) is 12.1 Å². The molecule has 4 nitrogen and oxygen atoms in total. The molecule has 0 aliphatic carbocycles. The molecule has 0 aromatic heterocycles. The van der Waals surface area contributed by atoms with Crippen LogP contribution in [-0.2, 0) is 5.60 Å². The van der Waals surface area contributed by atoms with E-state index in [0.717, 1.165) is 12.1 Å². The summed E-state index contributed by atoms with van der Waals surface area (Å²) in [7, 11) is 3.97. The minimum absolute atomic E-state index is 0.0885. The SMILES string of the molecule is CN(C)CCOc1ccc(C(O)(c2ccc(F)cc2)C(CCO)c2ccccc2)cc1. The van der Waals surface area contributed by atoms with E-state index in [9.17, 15) is 14.6 Å². The van der Waals surface area contributed by atoms with Gasteiger partial charge < -0.3 is 19.8 Å². The number of nitrogens with zero attached hydrogens (tertiary/aromatic N) is 1. The van der Waals surface area contributed by atoms with Crippen LogP contribution >= 0.6 is 0 Å². The summed E-state index contributed by atoms with van der Waals surface area (Å²) >= 11 is 0. The second-order valence-corrected chi connectivity index (χ2v) is 7.92. The predicted molar refractivity (Wildman–Crippen MR) is 121 cm³/mol. The largest absolute Gasteiger partial charge is 0.492 e. The van der Waals surface area contributed by atoms with Gasteiger partial charge in [0.25, 0.3) is 0 Å². The lowest BCUT2D eigenvalue weighted by Crippen LogP contribution is -2.35. The van der Waals surface area contributed by atoms with Crippen LogP contribution in [0.1, 0.15) is 29.0 Å². The van der Waals surface area contributed by atoms with Gasteiger partial charge in [0.05, 0.1) is 0 Å². The van der Waals surface area contributed by atoms with E-state index in [1.807, 2.05) is 73.6 Å². The molecule has 0 fully saturated rings. The first-order chi connectivity index (χ1) is 14.9. The molecule has 0 amide bonds. The third-order valence-corrected chi connectivity index (χ3v) is 5.51. The van der Waals surface area contributed by atoms with E-state index in [1.165, 1.54) is 12.1 Å². The smallest absolute Gasteiger partial charge is 0.123 e. The van der Waals surface area contributed by atoms with Crippen molar-refractivity contribution in [1.82, 2.24) is 4.90 Å². The summed E-state index contributed by atoms with van der Waals surface area (Å²) in [5.74, 6) is -0.0793. The fraction of sp³-hybridized carbons (Fsp3) is 0.308. The second kappa shape index (κ2) is 10.5. The van der Waals surface area contributed by atoms with Gasteiger partial charge in [0.15, 0.2) is 0 Å². The molecule has 3 rings (SSSR count). The van der Waals surface area contributed by atoms with Crippen LogP contribution in [0.4, 0.5) is 4.39 Å². The van der Waals surface area contributed by atoms with Gasteiger partial charge in [0.1, 0.15) is 23.8 Å². The van der Waals surface area contributed by atoms with Crippen molar-refractivity contribution in [3.05, 3.63) is 101 Å². The highest BCUT2D eigenvalue weighted by atomic mass is 19.1. The number of aliphatic hydroxyl groups is 2. The average Bonchev–Trinajstić information content (AvgIpc) is 2.78. The highest BCUT2D eigenvalue weighted by Crippen LogP contribution is 2.44. The van der Waals surface area contributed by atoms with Crippen molar-refractivity contribution in [3.63, 3.8) is 0 Å². The van der Waals surface area contributed by atoms with Crippen LogP contribution in [0.2, 0.25) is 0 Å². The van der Waals surface area contributed by atoms with Gasteiger partial charge in [-0.1, -0.05) is 54.6 Å². The molecule has 2 atom stereocenters. The summed E-state index contributed by atoms with van der Waals surface area (Å²) in [6.07, 6.45) is 0.346. The lowest BCUT2D eigenvalue weighted by Gasteiger charge is -2.38. The summed E-state index contributed by atoms with van der Waals surface area (Å²) in [4.78, 5) is 2.04. The Morgan fingerprint density at radius 1 is 0.903 bits per heavy atom. The molecule has 0 saturated heterocycles. The molecular formula is C26H30FNO3. The molecule has 0 radical (unpaired) electrons. The minimum atomic E-state index is -1.46. The van der Waals surface area contributed by atoms with Crippen LogP contribution in [0, 0.1) is 5.82 Å². The Hall–Kier alpha value is -2.73. The first-order valence-corrected chi connectivity index (χ1v) is 10.5. The van der Waals surface area contributed by atoms with E-state index in [-0.39, 0.29) is 12.4 Å². The lowest BCUT2D eigenvalue weighted by atomic mass is 9.71. The molecule has 2 N–H and O–H groups in total. The Bertz CT molecular complexity index is 929. The molecular weight excluding hydrogens is 393 g/mol. The first-order valence-electron chi connectivity index (χ1n) is 10.5. The maximum absolute atomic E-state index is 13.6. The molecule has 31 heavy (non-hydrogen) atoms. The minimum Gasteiger partial charge on any atom is -0.492 e. The number of ether oxygens (including phenoxy) is 1. The van der Waals surface area contributed by atoms with Crippen molar-refractivity contribution < 1.29 is 19.3 Å². The van der Waals surface area contributed by atoms with Crippen LogP contribution in [0.3, 0.4) is 0 Å². The number of aliphatic hydroxyl groups excluding tert-OH is 1. The molecule has 0 bridgehead atoms. The number of likely N-dealkylation sites (N-methyl/N-ethyl adjacent to an activating group) is 1. The number of rotatable bonds is 10. The third kappa shape index (κ3) is 5.50. The van der Waals surface area contributed by atoms with Crippen molar-refractivity contribution in [2.45, 2.75) is 17.9 Å². The molecule has 3 aromatic carbocycles. The van der Waals surface area contributed by atoms with Crippen LogP contribution in [0.15, 0.2) is 78.9 Å². The van der Waals surface area contributed by atoms with Crippen molar-refractivity contribution in [3.8, 4) is 5.75 Å². The van der Waals surface area contributed by atoms with Crippen LogP contribution in [-0.4, -0.2) is 49.0 Å². The topological polar surface area (TPSA) is 52.9 Å². The van der Waals surface area contributed by atoms with Crippen LogP contribution in [0.25, 0.3) is 0 Å². The fourth-order valence-electron chi connectivity index (χ4n) is 3.86. The quantitative estimate of drug-likeness (QED) is 0.514. The zero-order valence-electron chi connectivity index (χ0n) is 18.0. The van der Waals surface area contributed by atoms with E-state index in [4.69, 9.17) is 4.74 Å². The van der Waals surface area contributed by atoms with Gasteiger partial charge in [-0.25, -0.2) is 4.39 Å². The van der Waals surface area contributed by atoms with Crippen LogP contribution < -0.4 is 4.74 Å². The maximum atomic E-state index is 13.6. The summed E-state index contributed by atoms with van der Waals surface area (Å²) in [5.41, 5.74) is 0.661. The Labute approximate surface area is 183 Å². The van der Waals surface area contributed by atoms with Gasteiger partial charge in [-0.15, -0.1) is 0 Å². The van der Waals surface area contributed by atoms with Crippen molar-refractivity contribution in [2.75, 3.05) is 33.9 Å². The van der Waals surface area contributed by atoms with Crippen molar-refractivity contribution in [2.24, 2.45) is 0 Å². The lowest BCUT2D eigenvalue weighted by molar-refractivity contribution is 0.0392. The molecule has 0 aliphatic heterocycles. The van der Waals surface area contributed by atoms with E-state index in [0.29, 0.717) is 29.9 Å². The molecule has 3 aromatic rings. The van der Waals surface area contributed by atoms with Crippen LogP contribution in [0.5, 0.6) is 5.75 Å². The second-order valence-electron chi connectivity index (χ2n) is 7.92. The Balaban J connectivity index is 2.02. The van der Waals surface area contributed by atoms with Gasteiger partial charge in [-0.05, 0) is 61.5 Å².